The summed E-state index contributed by atoms with van der Waals surface area (Å²) in [5.41, 5.74) is 7.64. The number of benzene rings is 1. The van der Waals surface area contributed by atoms with Gasteiger partial charge in [0.2, 0.25) is 5.91 Å². The fourth-order valence-electron chi connectivity index (χ4n) is 2.13. The first-order chi connectivity index (χ1) is 9.13. The molecule has 102 valence electrons. The number of nitrogens with one attached hydrogen (secondary N) is 1. The quantitative estimate of drug-likeness (QED) is 0.844. The van der Waals surface area contributed by atoms with Gasteiger partial charge in [0.05, 0.1) is 17.1 Å². The lowest BCUT2D eigenvalue weighted by atomic mass is 10.3. The van der Waals surface area contributed by atoms with E-state index in [1.54, 1.807) is 6.92 Å². The van der Waals surface area contributed by atoms with Gasteiger partial charge in [0.15, 0.2) is 0 Å². The third kappa shape index (κ3) is 2.93. The van der Waals surface area contributed by atoms with Gasteiger partial charge >= 0.3 is 0 Å². The summed E-state index contributed by atoms with van der Waals surface area (Å²) < 4.78 is 2.17. The zero-order valence-electron chi connectivity index (χ0n) is 11.4. The van der Waals surface area contributed by atoms with Gasteiger partial charge in [-0.15, -0.1) is 0 Å². The molecule has 1 unspecified atom stereocenters. The van der Waals surface area contributed by atoms with E-state index in [1.165, 1.54) is 0 Å². The van der Waals surface area contributed by atoms with Crippen molar-refractivity contribution in [1.29, 1.82) is 0 Å². The van der Waals surface area contributed by atoms with Crippen molar-refractivity contribution in [2.24, 2.45) is 5.73 Å². The van der Waals surface area contributed by atoms with Gasteiger partial charge in [0, 0.05) is 19.5 Å². The van der Waals surface area contributed by atoms with Gasteiger partial charge in [-0.25, -0.2) is 4.98 Å². The minimum atomic E-state index is -0.468. The zero-order chi connectivity index (χ0) is 13.8. The molecule has 2 rings (SSSR count). The van der Waals surface area contributed by atoms with Crippen LogP contribution >= 0.6 is 0 Å². The maximum atomic E-state index is 11.4. The van der Waals surface area contributed by atoms with E-state index in [1.807, 2.05) is 18.2 Å². The Labute approximate surface area is 112 Å². The molecule has 5 heteroatoms. The predicted octanol–water partition coefficient (Wildman–Crippen LogP) is 1.06. The Kier molecular flexibility index (Phi) is 4.16. The van der Waals surface area contributed by atoms with E-state index in [2.05, 4.69) is 27.9 Å². The van der Waals surface area contributed by atoms with E-state index in [0.29, 0.717) is 13.0 Å². The number of nitrogens with two attached hydrogens (primary N) is 1. The van der Waals surface area contributed by atoms with Gasteiger partial charge in [0.1, 0.15) is 5.82 Å². The van der Waals surface area contributed by atoms with Gasteiger partial charge in [-0.05, 0) is 26.0 Å². The monoisotopic (exact) mass is 260 g/mol. The standard InChI is InChI=1S/C14H20N4O/c1-3-18-12-7-5-4-6-11(12)17-13(18)8-9-16-14(19)10(2)15/h4-7,10H,3,8-9,15H2,1-2H3,(H,16,19). The molecule has 0 fully saturated rings. The number of aryl methyl sites for hydroxylation is 1. The molecule has 1 aromatic carbocycles. The maximum absolute atomic E-state index is 11.4. The van der Waals surface area contributed by atoms with Gasteiger partial charge in [-0.2, -0.15) is 0 Å². The molecular weight excluding hydrogens is 240 g/mol. The van der Waals surface area contributed by atoms with Gasteiger partial charge in [-0.3, -0.25) is 4.79 Å². The Morgan fingerprint density at radius 1 is 1.47 bits per heavy atom. The molecule has 0 bridgehead atoms. The summed E-state index contributed by atoms with van der Waals surface area (Å²) in [6, 6.07) is 7.60. The smallest absolute Gasteiger partial charge is 0.236 e. The van der Waals surface area contributed by atoms with E-state index in [4.69, 9.17) is 5.73 Å². The second kappa shape index (κ2) is 5.84. The van der Waals surface area contributed by atoms with Crippen molar-refractivity contribution in [3.8, 4) is 0 Å². The SMILES string of the molecule is CCn1c(CCNC(=O)C(C)N)nc2ccccc21. The minimum absolute atomic E-state index is 0.126. The molecule has 0 radical (unpaired) electrons. The lowest BCUT2D eigenvalue weighted by Gasteiger charge is -2.08. The number of amides is 1. The van der Waals surface area contributed by atoms with Crippen molar-refractivity contribution in [1.82, 2.24) is 14.9 Å². The molecule has 3 N–H and O–H groups in total. The average molecular weight is 260 g/mol. The lowest BCUT2D eigenvalue weighted by molar-refractivity contribution is -0.121. The third-order valence-corrected chi connectivity index (χ3v) is 3.11. The van der Waals surface area contributed by atoms with Crippen LogP contribution in [0.1, 0.15) is 19.7 Å². The van der Waals surface area contributed by atoms with Crippen molar-refractivity contribution in [3.05, 3.63) is 30.1 Å². The highest BCUT2D eigenvalue weighted by molar-refractivity contribution is 5.81. The van der Waals surface area contributed by atoms with Crippen LogP contribution in [0.3, 0.4) is 0 Å². The van der Waals surface area contributed by atoms with E-state index in [0.717, 1.165) is 23.4 Å². The molecule has 0 saturated heterocycles. The summed E-state index contributed by atoms with van der Waals surface area (Å²) in [6.07, 6.45) is 0.709. The van der Waals surface area contributed by atoms with E-state index >= 15 is 0 Å². The molecule has 19 heavy (non-hydrogen) atoms. The van der Waals surface area contributed by atoms with Gasteiger partial charge in [0.25, 0.3) is 0 Å². The van der Waals surface area contributed by atoms with Crippen LogP contribution in [0.15, 0.2) is 24.3 Å². The Bertz CT molecular complexity index is 574. The normalized spacial score (nSPS) is 12.6. The van der Waals surface area contributed by atoms with E-state index < -0.39 is 6.04 Å². The number of nitrogens with zero attached hydrogens (tertiary/aromatic N) is 2. The van der Waals surface area contributed by atoms with Crippen LogP contribution in [0.25, 0.3) is 11.0 Å². The second-order valence-electron chi connectivity index (χ2n) is 4.59. The van der Waals surface area contributed by atoms with Crippen molar-refractivity contribution >= 4 is 16.9 Å². The molecule has 0 aliphatic rings. The van der Waals surface area contributed by atoms with Crippen LogP contribution in [-0.4, -0.2) is 28.0 Å². The summed E-state index contributed by atoms with van der Waals surface area (Å²) in [4.78, 5) is 16.0. The first kappa shape index (κ1) is 13.5. The fraction of sp³-hybridized carbons (Fsp3) is 0.429. The Balaban J connectivity index is 2.10. The molecule has 0 spiro atoms. The maximum Gasteiger partial charge on any atom is 0.236 e. The number of aromatic nitrogens is 2. The number of para-hydroxylation sites is 2. The topological polar surface area (TPSA) is 72.9 Å². The molecule has 1 atom stereocenters. The number of hydrogen-bond donors (Lipinski definition) is 2. The first-order valence-corrected chi connectivity index (χ1v) is 6.61. The van der Waals surface area contributed by atoms with Crippen molar-refractivity contribution in [3.63, 3.8) is 0 Å². The van der Waals surface area contributed by atoms with Crippen molar-refractivity contribution in [2.75, 3.05) is 6.54 Å². The van der Waals surface area contributed by atoms with Crippen molar-refractivity contribution in [2.45, 2.75) is 32.9 Å². The van der Waals surface area contributed by atoms with Crippen molar-refractivity contribution < 1.29 is 4.79 Å². The molecule has 0 saturated carbocycles. The second-order valence-corrected chi connectivity index (χ2v) is 4.59. The zero-order valence-corrected chi connectivity index (χ0v) is 11.4. The molecule has 1 aromatic heterocycles. The van der Waals surface area contributed by atoms with Crippen LogP contribution in [-0.2, 0) is 17.8 Å². The van der Waals surface area contributed by atoms with Crippen LogP contribution in [0.2, 0.25) is 0 Å². The fourth-order valence-corrected chi connectivity index (χ4v) is 2.13. The Morgan fingerprint density at radius 2 is 2.21 bits per heavy atom. The number of carbonyl (C=O) groups is 1. The van der Waals surface area contributed by atoms with Gasteiger partial charge in [-0.1, -0.05) is 12.1 Å². The number of imidazole rings is 1. The van der Waals surface area contributed by atoms with Crippen LogP contribution < -0.4 is 11.1 Å². The largest absolute Gasteiger partial charge is 0.354 e. The Morgan fingerprint density at radius 3 is 2.89 bits per heavy atom. The van der Waals surface area contributed by atoms with Crippen LogP contribution in [0, 0.1) is 0 Å². The molecule has 0 aliphatic heterocycles. The Hall–Kier alpha value is -1.88. The van der Waals surface area contributed by atoms with E-state index in [-0.39, 0.29) is 5.91 Å². The van der Waals surface area contributed by atoms with Crippen LogP contribution in [0.5, 0.6) is 0 Å². The summed E-state index contributed by atoms with van der Waals surface area (Å²) in [7, 11) is 0. The summed E-state index contributed by atoms with van der Waals surface area (Å²) in [5.74, 6) is 0.868. The average Bonchev–Trinajstić information content (AvgIpc) is 2.75. The lowest BCUT2D eigenvalue weighted by Crippen LogP contribution is -2.39. The predicted molar refractivity (Wildman–Crippen MR) is 75.8 cm³/mol. The first-order valence-electron chi connectivity index (χ1n) is 6.61. The molecule has 0 aliphatic carbocycles. The summed E-state index contributed by atoms with van der Waals surface area (Å²) in [6.45, 7) is 5.20. The third-order valence-electron chi connectivity index (χ3n) is 3.11. The summed E-state index contributed by atoms with van der Waals surface area (Å²) >= 11 is 0. The highest BCUT2D eigenvalue weighted by atomic mass is 16.2. The highest BCUT2D eigenvalue weighted by Gasteiger charge is 2.10. The number of rotatable bonds is 5. The van der Waals surface area contributed by atoms with E-state index in [9.17, 15) is 4.79 Å². The molecule has 2 aromatic rings. The molecular formula is C14H20N4O. The number of carbonyl (C=O) groups excluding carboxylic acids is 1. The number of fused-ring (bicyclic) bond motifs is 1. The highest BCUT2D eigenvalue weighted by Crippen LogP contribution is 2.15. The van der Waals surface area contributed by atoms with Crippen LogP contribution in [0.4, 0.5) is 0 Å². The molecule has 1 amide bonds. The summed E-state index contributed by atoms with van der Waals surface area (Å²) in [5, 5.41) is 2.81. The van der Waals surface area contributed by atoms with Gasteiger partial charge < -0.3 is 15.6 Å². The number of hydrogen-bond acceptors (Lipinski definition) is 3. The minimum Gasteiger partial charge on any atom is -0.354 e. The molecule has 1 heterocycles. The molecule has 5 nitrogen and oxygen atoms in total.